The molecule has 3 rings (SSSR count). The SMILES string of the molecule is COc1ccc(-n2nnnc2SCC(=O)NC(c2ccc(F)cc2)C(C)C)cc1. The van der Waals surface area contributed by atoms with Crippen LogP contribution in [0.3, 0.4) is 0 Å². The zero-order valence-corrected chi connectivity index (χ0v) is 17.2. The van der Waals surface area contributed by atoms with Crippen molar-refractivity contribution < 1.29 is 13.9 Å². The van der Waals surface area contributed by atoms with E-state index in [0.717, 1.165) is 17.0 Å². The number of amides is 1. The molecule has 1 atom stereocenters. The van der Waals surface area contributed by atoms with Crippen LogP contribution >= 0.6 is 11.8 Å². The molecule has 1 N–H and O–H groups in total. The Morgan fingerprint density at radius 3 is 2.48 bits per heavy atom. The second-order valence-corrected chi connectivity index (χ2v) is 7.64. The van der Waals surface area contributed by atoms with Gasteiger partial charge in [0.15, 0.2) is 0 Å². The van der Waals surface area contributed by atoms with Crippen molar-refractivity contribution in [3.05, 3.63) is 59.9 Å². The summed E-state index contributed by atoms with van der Waals surface area (Å²) >= 11 is 1.24. The average molecular weight is 415 g/mol. The Morgan fingerprint density at radius 1 is 1.17 bits per heavy atom. The van der Waals surface area contributed by atoms with Crippen LogP contribution in [0, 0.1) is 11.7 Å². The molecule has 152 valence electrons. The highest BCUT2D eigenvalue weighted by atomic mass is 32.2. The van der Waals surface area contributed by atoms with Gasteiger partial charge in [0.1, 0.15) is 11.6 Å². The molecule has 0 bridgehead atoms. The van der Waals surface area contributed by atoms with Gasteiger partial charge in [0.05, 0.1) is 24.6 Å². The molecule has 0 saturated heterocycles. The molecule has 1 unspecified atom stereocenters. The summed E-state index contributed by atoms with van der Waals surface area (Å²) in [5, 5.41) is 15.2. The first kappa shape index (κ1) is 20.8. The van der Waals surface area contributed by atoms with E-state index in [1.54, 1.807) is 23.9 Å². The van der Waals surface area contributed by atoms with Crippen LogP contribution in [0.5, 0.6) is 5.75 Å². The summed E-state index contributed by atoms with van der Waals surface area (Å²) in [7, 11) is 1.60. The van der Waals surface area contributed by atoms with Crippen molar-refractivity contribution in [1.82, 2.24) is 25.5 Å². The Hall–Kier alpha value is -2.94. The molecular weight excluding hydrogens is 393 g/mol. The summed E-state index contributed by atoms with van der Waals surface area (Å²) in [5.41, 5.74) is 1.63. The number of rotatable bonds is 8. The molecule has 1 heterocycles. The van der Waals surface area contributed by atoms with Crippen molar-refractivity contribution >= 4 is 17.7 Å². The molecule has 9 heteroatoms. The number of benzene rings is 2. The van der Waals surface area contributed by atoms with Crippen molar-refractivity contribution in [3.8, 4) is 11.4 Å². The van der Waals surface area contributed by atoms with E-state index in [4.69, 9.17) is 4.74 Å². The number of aromatic nitrogens is 4. The van der Waals surface area contributed by atoms with E-state index >= 15 is 0 Å². The summed E-state index contributed by atoms with van der Waals surface area (Å²) in [5.74, 6) is 0.585. The highest BCUT2D eigenvalue weighted by Gasteiger charge is 2.19. The molecule has 3 aromatic rings. The first-order valence-electron chi connectivity index (χ1n) is 9.08. The maximum Gasteiger partial charge on any atom is 0.230 e. The Balaban J connectivity index is 1.64. The van der Waals surface area contributed by atoms with E-state index in [1.165, 1.54) is 23.9 Å². The molecule has 0 aliphatic carbocycles. The number of hydrogen-bond acceptors (Lipinski definition) is 6. The van der Waals surface area contributed by atoms with Gasteiger partial charge in [-0.25, -0.2) is 4.39 Å². The lowest BCUT2D eigenvalue weighted by Crippen LogP contribution is -2.33. The zero-order chi connectivity index (χ0) is 20.8. The van der Waals surface area contributed by atoms with E-state index in [0.29, 0.717) is 5.16 Å². The minimum absolute atomic E-state index is 0.151. The van der Waals surface area contributed by atoms with Gasteiger partial charge in [-0.2, -0.15) is 4.68 Å². The van der Waals surface area contributed by atoms with Crippen LogP contribution in [0.2, 0.25) is 0 Å². The average Bonchev–Trinajstić information content (AvgIpc) is 3.20. The molecule has 0 fully saturated rings. The van der Waals surface area contributed by atoms with E-state index in [1.807, 2.05) is 38.1 Å². The monoisotopic (exact) mass is 415 g/mol. The molecule has 0 aliphatic heterocycles. The van der Waals surface area contributed by atoms with E-state index in [-0.39, 0.29) is 29.4 Å². The van der Waals surface area contributed by atoms with Gasteiger partial charge in [-0.05, 0) is 58.3 Å². The van der Waals surface area contributed by atoms with E-state index in [9.17, 15) is 9.18 Å². The fourth-order valence-electron chi connectivity index (χ4n) is 2.80. The van der Waals surface area contributed by atoms with Gasteiger partial charge < -0.3 is 10.1 Å². The number of hydrogen-bond donors (Lipinski definition) is 1. The molecule has 7 nitrogen and oxygen atoms in total. The van der Waals surface area contributed by atoms with Crippen LogP contribution in [-0.2, 0) is 4.79 Å². The third-order valence-electron chi connectivity index (χ3n) is 4.30. The molecule has 1 amide bonds. The number of tetrazole rings is 1. The number of methoxy groups -OCH3 is 1. The summed E-state index contributed by atoms with van der Waals surface area (Å²) in [4.78, 5) is 12.5. The molecule has 29 heavy (non-hydrogen) atoms. The smallest absolute Gasteiger partial charge is 0.230 e. The lowest BCUT2D eigenvalue weighted by molar-refractivity contribution is -0.119. The standard InChI is InChI=1S/C20H22FN5O2S/c1-13(2)19(14-4-6-15(21)7-5-14)22-18(27)12-29-20-23-24-25-26(20)16-8-10-17(28-3)11-9-16/h4-11,13,19H,12H2,1-3H3,(H,22,27). The summed E-state index contributed by atoms with van der Waals surface area (Å²) in [6.07, 6.45) is 0. The van der Waals surface area contributed by atoms with Crippen LogP contribution in [0.1, 0.15) is 25.5 Å². The van der Waals surface area contributed by atoms with Crippen LogP contribution in [0.15, 0.2) is 53.7 Å². The first-order chi connectivity index (χ1) is 14.0. The second kappa shape index (κ2) is 9.51. The molecule has 0 radical (unpaired) electrons. The molecule has 2 aromatic carbocycles. The quantitative estimate of drug-likeness (QED) is 0.568. The zero-order valence-electron chi connectivity index (χ0n) is 16.4. The fourth-order valence-corrected chi connectivity index (χ4v) is 3.51. The van der Waals surface area contributed by atoms with Crippen molar-refractivity contribution in [2.45, 2.75) is 25.0 Å². The van der Waals surface area contributed by atoms with Gasteiger partial charge in [-0.1, -0.05) is 37.7 Å². The van der Waals surface area contributed by atoms with Gasteiger partial charge in [0.25, 0.3) is 0 Å². The van der Waals surface area contributed by atoms with Crippen LogP contribution in [-0.4, -0.2) is 39.0 Å². The van der Waals surface area contributed by atoms with Gasteiger partial charge >= 0.3 is 0 Å². The summed E-state index contributed by atoms with van der Waals surface area (Å²) in [6, 6.07) is 13.3. The minimum Gasteiger partial charge on any atom is -0.497 e. The Bertz CT molecular complexity index is 944. The minimum atomic E-state index is -0.302. The van der Waals surface area contributed by atoms with Crippen molar-refractivity contribution in [2.75, 3.05) is 12.9 Å². The fraction of sp³-hybridized carbons (Fsp3) is 0.300. The number of nitrogens with zero attached hydrogens (tertiary/aromatic N) is 4. The number of ether oxygens (including phenoxy) is 1. The number of halogens is 1. The lowest BCUT2D eigenvalue weighted by atomic mass is 9.96. The molecular formula is C20H22FN5O2S. The van der Waals surface area contributed by atoms with Crippen LogP contribution < -0.4 is 10.1 Å². The van der Waals surface area contributed by atoms with Crippen molar-refractivity contribution in [1.29, 1.82) is 0 Å². The lowest BCUT2D eigenvalue weighted by Gasteiger charge is -2.23. The Labute approximate surface area is 172 Å². The number of nitrogens with one attached hydrogen (secondary N) is 1. The van der Waals surface area contributed by atoms with Gasteiger partial charge in [-0.3, -0.25) is 4.79 Å². The number of thioether (sulfide) groups is 1. The summed E-state index contributed by atoms with van der Waals surface area (Å²) < 4.78 is 19.9. The molecule has 1 aromatic heterocycles. The predicted molar refractivity (Wildman–Crippen MR) is 109 cm³/mol. The second-order valence-electron chi connectivity index (χ2n) is 6.70. The van der Waals surface area contributed by atoms with E-state index in [2.05, 4.69) is 20.8 Å². The largest absolute Gasteiger partial charge is 0.497 e. The maximum absolute atomic E-state index is 13.2. The summed E-state index contributed by atoms with van der Waals surface area (Å²) in [6.45, 7) is 4.01. The third kappa shape index (κ3) is 5.32. The van der Waals surface area contributed by atoms with Gasteiger partial charge in [0, 0.05) is 0 Å². The molecule has 0 saturated carbocycles. The van der Waals surface area contributed by atoms with Gasteiger partial charge in [-0.15, -0.1) is 5.10 Å². The van der Waals surface area contributed by atoms with Crippen molar-refractivity contribution in [3.63, 3.8) is 0 Å². The van der Waals surface area contributed by atoms with Crippen LogP contribution in [0.25, 0.3) is 5.69 Å². The van der Waals surface area contributed by atoms with E-state index < -0.39 is 0 Å². The van der Waals surface area contributed by atoms with Crippen LogP contribution in [0.4, 0.5) is 4.39 Å². The predicted octanol–water partition coefficient (Wildman–Crippen LogP) is 3.42. The highest BCUT2D eigenvalue weighted by Crippen LogP contribution is 2.23. The third-order valence-corrected chi connectivity index (χ3v) is 5.22. The topological polar surface area (TPSA) is 81.9 Å². The van der Waals surface area contributed by atoms with Crippen molar-refractivity contribution in [2.24, 2.45) is 5.92 Å². The number of carbonyl (C=O) groups excluding carboxylic acids is 1. The first-order valence-corrected chi connectivity index (χ1v) is 10.1. The maximum atomic E-state index is 13.2. The normalized spacial score (nSPS) is 12.0. The molecule has 0 spiro atoms. The molecule has 0 aliphatic rings. The highest BCUT2D eigenvalue weighted by molar-refractivity contribution is 7.99. The number of carbonyl (C=O) groups is 1. The Morgan fingerprint density at radius 2 is 1.86 bits per heavy atom. The Kier molecular flexibility index (Phi) is 6.82. The van der Waals surface area contributed by atoms with Gasteiger partial charge in [0.2, 0.25) is 11.1 Å².